The molecule has 0 aromatic heterocycles. The number of carbonyl (C=O) groups excluding carboxylic acids is 2. The fourth-order valence-electron chi connectivity index (χ4n) is 5.94. The summed E-state index contributed by atoms with van der Waals surface area (Å²) in [6.07, 6.45) is -0.888. The predicted octanol–water partition coefficient (Wildman–Crippen LogP) is 10.6. The molecule has 0 spiro atoms. The van der Waals surface area contributed by atoms with Gasteiger partial charge in [-0.1, -0.05) is 22.0 Å². The van der Waals surface area contributed by atoms with Crippen molar-refractivity contribution in [3.8, 4) is 0 Å². The fraction of sp³-hybridized carbons (Fsp3) is 0.682. The first-order valence-electron chi connectivity index (χ1n) is 20.7. The van der Waals surface area contributed by atoms with Gasteiger partial charge in [0.25, 0.3) is 0 Å². The number of halogens is 1. The van der Waals surface area contributed by atoms with Gasteiger partial charge in [0, 0.05) is 15.8 Å². The number of aryl methyl sites for hydroxylation is 4. The van der Waals surface area contributed by atoms with E-state index in [1.54, 1.807) is 0 Å². The van der Waals surface area contributed by atoms with Crippen LogP contribution in [0.4, 0.5) is 21.0 Å². The molecular formula is C44H72B3BrN2O10. The molecule has 60 heavy (non-hydrogen) atoms. The molecule has 16 heteroatoms. The van der Waals surface area contributed by atoms with E-state index >= 15 is 0 Å². The second-order valence-electron chi connectivity index (χ2n) is 21.0. The van der Waals surface area contributed by atoms with Gasteiger partial charge < -0.3 is 37.4 Å². The summed E-state index contributed by atoms with van der Waals surface area (Å²) in [5.41, 5.74) is 3.25. The Morgan fingerprint density at radius 1 is 0.500 bits per heavy atom. The Kier molecular flexibility index (Phi) is 15.4. The molecule has 12 nitrogen and oxygen atoms in total. The zero-order valence-electron chi connectivity index (χ0n) is 40.5. The first-order chi connectivity index (χ1) is 26.8. The highest BCUT2D eigenvalue weighted by molar-refractivity contribution is 9.10. The Balaban J connectivity index is 0.000000247. The van der Waals surface area contributed by atoms with Gasteiger partial charge in [-0.15, -0.1) is 0 Å². The van der Waals surface area contributed by atoms with Crippen molar-refractivity contribution in [3.63, 3.8) is 0 Å². The van der Waals surface area contributed by atoms with Crippen molar-refractivity contribution in [1.82, 2.24) is 0 Å². The van der Waals surface area contributed by atoms with Crippen molar-refractivity contribution in [2.75, 3.05) is 10.6 Å². The second kappa shape index (κ2) is 17.9. The van der Waals surface area contributed by atoms with Gasteiger partial charge in [-0.05, 0) is 198 Å². The van der Waals surface area contributed by atoms with Gasteiger partial charge in [0.1, 0.15) is 11.2 Å². The molecule has 2 N–H and O–H groups in total. The third-order valence-corrected chi connectivity index (χ3v) is 12.5. The van der Waals surface area contributed by atoms with E-state index in [4.69, 9.17) is 37.4 Å². The lowest BCUT2D eigenvalue weighted by Gasteiger charge is -2.32. The molecule has 0 bridgehead atoms. The average Bonchev–Trinajstić information content (AvgIpc) is 3.49. The normalized spacial score (nSPS) is 20.7. The van der Waals surface area contributed by atoms with Crippen molar-refractivity contribution in [2.24, 2.45) is 0 Å². The third-order valence-electron chi connectivity index (χ3n) is 11.7. The number of ether oxygens (including phenoxy) is 2. The molecule has 0 unspecified atom stereocenters. The van der Waals surface area contributed by atoms with Gasteiger partial charge >= 0.3 is 33.3 Å². The lowest BCUT2D eigenvalue weighted by atomic mass is 9.49. The van der Waals surface area contributed by atoms with Crippen LogP contribution in [0.5, 0.6) is 0 Å². The number of amides is 2. The molecular weight excluding hydrogens is 829 g/mol. The number of hydrogen-bond acceptors (Lipinski definition) is 10. The maximum atomic E-state index is 12.0. The molecule has 2 amide bonds. The number of rotatable bonds is 4. The Labute approximate surface area is 370 Å². The highest BCUT2D eigenvalue weighted by atomic mass is 79.9. The Hall–Kier alpha value is -2.59. The Morgan fingerprint density at radius 3 is 1.13 bits per heavy atom. The quantitative estimate of drug-likeness (QED) is 0.286. The molecule has 3 fully saturated rings. The SMILES string of the molecule is CC1(C)OB(B2OC(C)(C)C(C)(C)O2)OC1(C)C.Cc1cc(B2OC(C)(C)C(C)(C)O2)c(C)cc1NC(=O)OC(C)(C)C.Cc1cc(NC(=O)OC(C)(C)C)c(C)cc1Br. The van der Waals surface area contributed by atoms with E-state index in [-0.39, 0.29) is 33.6 Å². The van der Waals surface area contributed by atoms with Gasteiger partial charge in [0.2, 0.25) is 0 Å². The summed E-state index contributed by atoms with van der Waals surface area (Å²) < 4.78 is 47.7. The van der Waals surface area contributed by atoms with Crippen molar-refractivity contribution >= 4 is 66.1 Å². The van der Waals surface area contributed by atoms with Crippen LogP contribution in [0.25, 0.3) is 0 Å². The van der Waals surface area contributed by atoms with E-state index in [9.17, 15) is 9.59 Å². The van der Waals surface area contributed by atoms with E-state index in [1.165, 1.54) is 0 Å². The van der Waals surface area contributed by atoms with Crippen LogP contribution in [0.15, 0.2) is 28.7 Å². The fourth-order valence-corrected chi connectivity index (χ4v) is 6.40. The molecule has 5 rings (SSSR count). The minimum absolute atomic E-state index is 0.360. The molecule has 2 aromatic rings. The number of benzene rings is 2. The van der Waals surface area contributed by atoms with Crippen LogP contribution in [-0.2, 0) is 37.4 Å². The van der Waals surface area contributed by atoms with Gasteiger partial charge in [0.05, 0.1) is 33.6 Å². The van der Waals surface area contributed by atoms with E-state index in [1.807, 2.05) is 177 Å². The van der Waals surface area contributed by atoms with E-state index < -0.39 is 44.5 Å². The van der Waals surface area contributed by atoms with Crippen LogP contribution in [0.1, 0.15) is 147 Å². The van der Waals surface area contributed by atoms with E-state index in [0.717, 1.165) is 43.6 Å². The first-order valence-corrected chi connectivity index (χ1v) is 21.5. The third kappa shape index (κ3) is 13.0. The summed E-state index contributed by atoms with van der Waals surface area (Å²) in [5, 5.41) is 5.57. The maximum absolute atomic E-state index is 12.0. The van der Waals surface area contributed by atoms with Gasteiger partial charge in [-0.25, -0.2) is 9.59 Å². The van der Waals surface area contributed by atoms with Crippen LogP contribution in [-0.4, -0.2) is 78.1 Å². The van der Waals surface area contributed by atoms with Crippen molar-refractivity contribution in [3.05, 3.63) is 51.0 Å². The average molecular weight is 901 g/mol. The summed E-state index contributed by atoms with van der Waals surface area (Å²) in [4.78, 5) is 23.7. The summed E-state index contributed by atoms with van der Waals surface area (Å²) in [5.74, 6) is 0. The highest BCUT2D eigenvalue weighted by Crippen LogP contribution is 2.43. The van der Waals surface area contributed by atoms with Gasteiger partial charge in [0.15, 0.2) is 0 Å². The van der Waals surface area contributed by atoms with Crippen molar-refractivity contribution < 1.29 is 47.0 Å². The minimum atomic E-state index is -0.532. The van der Waals surface area contributed by atoms with Crippen LogP contribution >= 0.6 is 15.9 Å². The molecule has 3 heterocycles. The Morgan fingerprint density at radius 2 is 0.800 bits per heavy atom. The minimum Gasteiger partial charge on any atom is -0.444 e. The molecule has 0 radical (unpaired) electrons. The molecule has 3 saturated heterocycles. The van der Waals surface area contributed by atoms with Crippen LogP contribution in [0, 0.1) is 27.7 Å². The molecule has 3 aliphatic rings. The standard InChI is InChI=1S/C19H30BNO4.C13H18BrNO2.C12H24B2O4/c1-12-11-15(21-16(22)23-17(3,4)5)13(2)10-14(12)20-24-18(6,7)19(8,9)25-20;1-8-7-11(9(2)6-10(8)14)15-12(16)17-13(3,4)5;1-9(2)10(3,4)16-13(15-9)14-17-11(5,6)12(7,8)18-14/h10-11H,1-9H3,(H,21,22);6-7H,1-5H3,(H,15,16);1-8H3. The van der Waals surface area contributed by atoms with E-state index in [2.05, 4.69) is 26.6 Å². The molecule has 0 aliphatic carbocycles. The Bertz CT molecular complexity index is 1800. The predicted molar refractivity (Wildman–Crippen MR) is 247 cm³/mol. The molecule has 2 aromatic carbocycles. The number of anilines is 2. The summed E-state index contributed by atoms with van der Waals surface area (Å²) >= 11 is 3.45. The van der Waals surface area contributed by atoms with Gasteiger partial charge in [-0.2, -0.15) is 0 Å². The van der Waals surface area contributed by atoms with Crippen LogP contribution in [0.3, 0.4) is 0 Å². The summed E-state index contributed by atoms with van der Waals surface area (Å²) in [7, 11) is -1.37. The van der Waals surface area contributed by atoms with E-state index in [0.29, 0.717) is 0 Å². The zero-order valence-corrected chi connectivity index (χ0v) is 42.1. The van der Waals surface area contributed by atoms with Crippen molar-refractivity contribution in [1.29, 1.82) is 0 Å². The summed E-state index contributed by atoms with van der Waals surface area (Å²) in [6, 6.07) is 7.83. The number of hydrogen-bond donors (Lipinski definition) is 2. The first kappa shape index (κ1) is 51.8. The number of carbonyl (C=O) groups is 2. The second-order valence-corrected chi connectivity index (χ2v) is 21.9. The topological polar surface area (TPSA) is 132 Å². The zero-order chi connectivity index (χ0) is 46.4. The maximum Gasteiger partial charge on any atom is 0.495 e. The van der Waals surface area contributed by atoms with Gasteiger partial charge in [-0.3, -0.25) is 10.6 Å². The molecule has 3 aliphatic heterocycles. The van der Waals surface area contributed by atoms with Crippen molar-refractivity contribution in [2.45, 2.75) is 197 Å². The monoisotopic (exact) mass is 900 g/mol. The van der Waals surface area contributed by atoms with Crippen LogP contribution in [0.2, 0.25) is 0 Å². The lowest BCUT2D eigenvalue weighted by molar-refractivity contribution is 0.00578. The largest absolute Gasteiger partial charge is 0.495 e. The van der Waals surface area contributed by atoms with Crippen LogP contribution < -0.4 is 16.1 Å². The smallest absolute Gasteiger partial charge is 0.444 e. The lowest BCUT2D eigenvalue weighted by Crippen LogP contribution is -2.41. The molecule has 0 atom stereocenters. The molecule has 334 valence electrons. The number of nitrogens with one attached hydrogen (secondary N) is 2. The molecule has 0 saturated carbocycles. The summed E-state index contributed by atoms with van der Waals surface area (Å²) in [6.45, 7) is 43.2. The highest BCUT2D eigenvalue weighted by Gasteiger charge is 2.63.